The number of halogens is 4. The molecular formula is C14H9Cl2F2NO2. The number of hydrogen-bond acceptors (Lipinski definition) is 2. The molecule has 0 amide bonds. The Morgan fingerprint density at radius 2 is 1.86 bits per heavy atom. The van der Waals surface area contributed by atoms with E-state index in [0.717, 1.165) is 6.07 Å². The Hall–Kier alpha value is -1.85. The van der Waals surface area contributed by atoms with Gasteiger partial charge in [0.15, 0.2) is 0 Å². The predicted molar refractivity (Wildman–Crippen MR) is 77.1 cm³/mol. The first-order valence-electron chi connectivity index (χ1n) is 5.78. The molecule has 0 unspecified atom stereocenters. The number of rotatable bonds is 4. The lowest BCUT2D eigenvalue weighted by atomic mass is 10.1. The molecule has 2 aromatic carbocycles. The quantitative estimate of drug-likeness (QED) is 0.861. The van der Waals surface area contributed by atoms with Crippen molar-refractivity contribution in [1.29, 1.82) is 0 Å². The average Bonchev–Trinajstić information content (AvgIpc) is 2.39. The van der Waals surface area contributed by atoms with Crippen molar-refractivity contribution in [3.63, 3.8) is 0 Å². The van der Waals surface area contributed by atoms with E-state index >= 15 is 0 Å². The highest BCUT2D eigenvalue weighted by atomic mass is 35.5. The standard InChI is InChI=1S/C14H9Cl2F2NO2/c15-8-2-1-7(10(16)3-8)6-19-13-4-9(14(20)21)11(17)5-12(13)18/h1-5,19H,6H2,(H,20,21). The molecule has 0 aliphatic heterocycles. The Morgan fingerprint density at radius 3 is 2.48 bits per heavy atom. The van der Waals surface area contributed by atoms with E-state index in [1.54, 1.807) is 12.1 Å². The van der Waals surface area contributed by atoms with Crippen LogP contribution in [-0.4, -0.2) is 11.1 Å². The minimum absolute atomic E-state index is 0.125. The molecule has 0 saturated carbocycles. The molecule has 0 fully saturated rings. The van der Waals surface area contributed by atoms with Gasteiger partial charge < -0.3 is 10.4 Å². The smallest absolute Gasteiger partial charge is 0.338 e. The summed E-state index contributed by atoms with van der Waals surface area (Å²) >= 11 is 11.7. The Bertz CT molecular complexity index is 708. The number of carboxylic acids is 1. The summed E-state index contributed by atoms with van der Waals surface area (Å²) in [5, 5.41) is 12.3. The van der Waals surface area contributed by atoms with Crippen molar-refractivity contribution in [2.75, 3.05) is 5.32 Å². The van der Waals surface area contributed by atoms with Crippen molar-refractivity contribution >= 4 is 34.9 Å². The van der Waals surface area contributed by atoms with Crippen LogP contribution in [0.5, 0.6) is 0 Å². The van der Waals surface area contributed by atoms with Crippen molar-refractivity contribution in [3.8, 4) is 0 Å². The Kier molecular flexibility index (Phi) is 4.65. The lowest BCUT2D eigenvalue weighted by Crippen LogP contribution is -2.07. The number of benzene rings is 2. The monoisotopic (exact) mass is 331 g/mol. The van der Waals surface area contributed by atoms with E-state index in [4.69, 9.17) is 28.3 Å². The third-order valence-corrected chi connectivity index (χ3v) is 3.36. The van der Waals surface area contributed by atoms with Gasteiger partial charge in [0.2, 0.25) is 0 Å². The first kappa shape index (κ1) is 15.5. The highest BCUT2D eigenvalue weighted by Crippen LogP contribution is 2.24. The molecule has 0 atom stereocenters. The van der Waals surface area contributed by atoms with Crippen LogP contribution in [0.4, 0.5) is 14.5 Å². The van der Waals surface area contributed by atoms with Gasteiger partial charge in [0, 0.05) is 22.7 Å². The number of nitrogens with one attached hydrogen (secondary N) is 1. The molecule has 2 N–H and O–H groups in total. The van der Waals surface area contributed by atoms with Crippen LogP contribution < -0.4 is 5.32 Å². The van der Waals surface area contributed by atoms with Gasteiger partial charge in [-0.05, 0) is 23.8 Å². The molecule has 0 radical (unpaired) electrons. The van der Waals surface area contributed by atoms with Gasteiger partial charge in [-0.2, -0.15) is 0 Å². The number of carboxylic acid groups (broad SMARTS) is 1. The molecule has 110 valence electrons. The number of aromatic carboxylic acids is 1. The van der Waals surface area contributed by atoms with E-state index in [1.165, 1.54) is 6.07 Å². The molecule has 2 rings (SSSR count). The molecule has 0 aromatic heterocycles. The second-order valence-electron chi connectivity index (χ2n) is 4.21. The summed E-state index contributed by atoms with van der Waals surface area (Å²) in [6.45, 7) is 0.137. The van der Waals surface area contributed by atoms with Crippen LogP contribution >= 0.6 is 23.2 Å². The van der Waals surface area contributed by atoms with E-state index in [9.17, 15) is 13.6 Å². The average molecular weight is 332 g/mol. The number of carbonyl (C=O) groups is 1. The third-order valence-electron chi connectivity index (χ3n) is 2.77. The summed E-state index contributed by atoms with van der Waals surface area (Å²) in [6.07, 6.45) is 0. The first-order valence-corrected chi connectivity index (χ1v) is 6.54. The zero-order valence-electron chi connectivity index (χ0n) is 10.5. The van der Waals surface area contributed by atoms with Crippen LogP contribution in [-0.2, 0) is 6.54 Å². The molecular weight excluding hydrogens is 323 g/mol. The topological polar surface area (TPSA) is 49.3 Å². The van der Waals surface area contributed by atoms with Gasteiger partial charge in [-0.1, -0.05) is 29.3 Å². The van der Waals surface area contributed by atoms with Crippen LogP contribution in [0.1, 0.15) is 15.9 Å². The largest absolute Gasteiger partial charge is 0.478 e. The molecule has 21 heavy (non-hydrogen) atoms. The lowest BCUT2D eigenvalue weighted by molar-refractivity contribution is 0.0692. The van der Waals surface area contributed by atoms with Crippen molar-refractivity contribution in [2.24, 2.45) is 0 Å². The van der Waals surface area contributed by atoms with Gasteiger partial charge in [0.25, 0.3) is 0 Å². The first-order chi connectivity index (χ1) is 9.88. The van der Waals surface area contributed by atoms with Crippen molar-refractivity contribution in [1.82, 2.24) is 0 Å². The van der Waals surface area contributed by atoms with Crippen LogP contribution in [0.3, 0.4) is 0 Å². The number of anilines is 1. The molecule has 7 heteroatoms. The fraction of sp³-hybridized carbons (Fsp3) is 0.0714. The zero-order chi connectivity index (χ0) is 15.6. The maximum atomic E-state index is 13.6. The second-order valence-corrected chi connectivity index (χ2v) is 5.05. The normalized spacial score (nSPS) is 10.5. The lowest BCUT2D eigenvalue weighted by Gasteiger charge is -2.10. The molecule has 0 bridgehead atoms. The fourth-order valence-corrected chi connectivity index (χ4v) is 2.18. The molecule has 0 spiro atoms. The van der Waals surface area contributed by atoms with Crippen molar-refractivity contribution in [2.45, 2.75) is 6.54 Å². The highest BCUT2D eigenvalue weighted by molar-refractivity contribution is 6.35. The van der Waals surface area contributed by atoms with Crippen LogP contribution in [0.25, 0.3) is 0 Å². The van der Waals surface area contributed by atoms with E-state index in [1.807, 2.05) is 0 Å². The summed E-state index contributed by atoms with van der Waals surface area (Å²) in [7, 11) is 0. The van der Waals surface area contributed by atoms with Crippen molar-refractivity contribution in [3.05, 3.63) is 63.1 Å². The summed E-state index contributed by atoms with van der Waals surface area (Å²) in [5.41, 5.74) is -0.0948. The molecule has 2 aromatic rings. The van der Waals surface area contributed by atoms with Crippen LogP contribution in [0, 0.1) is 11.6 Å². The van der Waals surface area contributed by atoms with E-state index < -0.39 is 23.2 Å². The third kappa shape index (κ3) is 3.62. The summed E-state index contributed by atoms with van der Waals surface area (Å²) in [6, 6.07) is 6.22. The highest BCUT2D eigenvalue weighted by Gasteiger charge is 2.15. The summed E-state index contributed by atoms with van der Waals surface area (Å²) in [5.74, 6) is -3.49. The van der Waals surface area contributed by atoms with E-state index in [0.29, 0.717) is 21.7 Å². The zero-order valence-corrected chi connectivity index (χ0v) is 12.0. The van der Waals surface area contributed by atoms with Gasteiger partial charge in [0.05, 0.1) is 11.3 Å². The molecule has 0 aliphatic carbocycles. The Labute approximate surface area is 129 Å². The van der Waals surface area contributed by atoms with E-state index in [-0.39, 0.29) is 12.2 Å². The Balaban J connectivity index is 2.23. The molecule has 0 aliphatic rings. The maximum Gasteiger partial charge on any atom is 0.338 e. The van der Waals surface area contributed by atoms with Crippen LogP contribution in [0.2, 0.25) is 10.0 Å². The molecule has 0 saturated heterocycles. The predicted octanol–water partition coefficient (Wildman–Crippen LogP) is 4.58. The maximum absolute atomic E-state index is 13.6. The minimum Gasteiger partial charge on any atom is -0.478 e. The van der Waals surface area contributed by atoms with E-state index in [2.05, 4.69) is 5.32 Å². The van der Waals surface area contributed by atoms with Gasteiger partial charge >= 0.3 is 5.97 Å². The van der Waals surface area contributed by atoms with Crippen LogP contribution in [0.15, 0.2) is 30.3 Å². The Morgan fingerprint density at radius 1 is 1.14 bits per heavy atom. The minimum atomic E-state index is -1.47. The molecule has 3 nitrogen and oxygen atoms in total. The van der Waals surface area contributed by atoms with Gasteiger partial charge in [-0.25, -0.2) is 13.6 Å². The summed E-state index contributed by atoms with van der Waals surface area (Å²) in [4.78, 5) is 10.8. The fourth-order valence-electron chi connectivity index (χ4n) is 1.70. The summed E-state index contributed by atoms with van der Waals surface area (Å²) < 4.78 is 26.9. The second kappa shape index (κ2) is 6.28. The van der Waals surface area contributed by atoms with Gasteiger partial charge in [0.1, 0.15) is 11.6 Å². The van der Waals surface area contributed by atoms with Gasteiger partial charge in [-0.3, -0.25) is 0 Å². The molecule has 0 heterocycles. The SMILES string of the molecule is O=C(O)c1cc(NCc2ccc(Cl)cc2Cl)c(F)cc1F. The van der Waals surface area contributed by atoms with Crippen molar-refractivity contribution < 1.29 is 18.7 Å². The number of hydrogen-bond donors (Lipinski definition) is 2. The van der Waals surface area contributed by atoms with Gasteiger partial charge in [-0.15, -0.1) is 0 Å².